The average Bonchev–Trinajstić information content (AvgIpc) is 3.72. The molecule has 10 aromatic rings. The van der Waals surface area contributed by atoms with E-state index in [-0.39, 0.29) is 0 Å². The number of fused-ring (bicyclic) bond motifs is 7. The van der Waals surface area contributed by atoms with Crippen LogP contribution in [-0.2, 0) is 0 Å². The zero-order valence-electron chi connectivity index (χ0n) is 25.5. The molecule has 6 aromatic carbocycles. The second kappa shape index (κ2) is 10.4. The van der Waals surface area contributed by atoms with Crippen molar-refractivity contribution in [1.29, 1.82) is 0 Å². The van der Waals surface area contributed by atoms with Crippen molar-refractivity contribution in [2.75, 3.05) is 0 Å². The Morgan fingerprint density at radius 2 is 1.08 bits per heavy atom. The Balaban J connectivity index is 1.26. The minimum Gasteiger partial charge on any atom is -0.456 e. The number of pyridine rings is 1. The number of aromatic nitrogens is 4. The van der Waals surface area contributed by atoms with Crippen LogP contribution in [0.4, 0.5) is 0 Å². The molecule has 0 amide bonds. The molecule has 0 fully saturated rings. The Morgan fingerprint density at radius 3 is 1.83 bits per heavy atom. The molecule has 0 radical (unpaired) electrons. The van der Waals surface area contributed by atoms with Crippen molar-refractivity contribution in [2.24, 2.45) is 0 Å². The molecule has 10 rings (SSSR count). The largest absolute Gasteiger partial charge is 0.456 e. The molecule has 6 nitrogen and oxygen atoms in total. The van der Waals surface area contributed by atoms with Gasteiger partial charge in [0.25, 0.3) is 0 Å². The normalized spacial score (nSPS) is 11.8. The third-order valence-electron chi connectivity index (χ3n) is 9.02. The topological polar surface area (TPSA) is 77.8 Å². The zero-order chi connectivity index (χ0) is 31.6. The van der Waals surface area contributed by atoms with Crippen molar-refractivity contribution in [3.63, 3.8) is 0 Å². The molecule has 48 heavy (non-hydrogen) atoms. The van der Waals surface area contributed by atoms with Gasteiger partial charge in [-0.2, -0.15) is 0 Å². The van der Waals surface area contributed by atoms with E-state index in [2.05, 4.69) is 59.6 Å². The maximum Gasteiger partial charge on any atom is 0.164 e. The van der Waals surface area contributed by atoms with Crippen molar-refractivity contribution in [3.8, 4) is 45.3 Å². The lowest BCUT2D eigenvalue weighted by Gasteiger charge is -2.11. The second-order valence-corrected chi connectivity index (χ2v) is 11.9. The fraction of sp³-hybridized carbons (Fsp3) is 0. The quantitative estimate of drug-likeness (QED) is 0.196. The van der Waals surface area contributed by atoms with Crippen LogP contribution >= 0.6 is 0 Å². The molecule has 0 unspecified atom stereocenters. The number of hydrogen-bond donors (Lipinski definition) is 0. The summed E-state index contributed by atoms with van der Waals surface area (Å²) < 4.78 is 13.1. The highest BCUT2D eigenvalue weighted by Gasteiger charge is 2.23. The molecule has 0 aliphatic heterocycles. The van der Waals surface area contributed by atoms with Crippen LogP contribution in [0.3, 0.4) is 0 Å². The molecule has 6 heteroatoms. The molecule has 0 N–H and O–H groups in total. The molecular weight excluding hydrogens is 592 g/mol. The Morgan fingerprint density at radius 1 is 0.417 bits per heavy atom. The van der Waals surface area contributed by atoms with Crippen molar-refractivity contribution >= 4 is 54.6 Å². The van der Waals surface area contributed by atoms with Crippen LogP contribution in [0.25, 0.3) is 99.9 Å². The Hall–Kier alpha value is -6.66. The summed E-state index contributed by atoms with van der Waals surface area (Å²) in [5.74, 6) is 1.78. The van der Waals surface area contributed by atoms with Gasteiger partial charge < -0.3 is 8.83 Å². The van der Waals surface area contributed by atoms with Crippen LogP contribution in [0.5, 0.6) is 0 Å². The lowest BCUT2D eigenvalue weighted by molar-refractivity contribution is 0.668. The van der Waals surface area contributed by atoms with Gasteiger partial charge in [-0.25, -0.2) is 15.0 Å². The SMILES string of the molecule is c1ccc(-c2nc(-c3ccccc3)nc(-c3ccc(-c4cccc5oc6cc7ccccc7cc6c45)c4oc5cnccc5c34)n2)cc1. The predicted molar refractivity (Wildman–Crippen MR) is 191 cm³/mol. The van der Waals surface area contributed by atoms with Crippen LogP contribution in [-0.4, -0.2) is 19.9 Å². The molecule has 0 saturated heterocycles. The summed E-state index contributed by atoms with van der Waals surface area (Å²) >= 11 is 0. The second-order valence-electron chi connectivity index (χ2n) is 11.9. The smallest absolute Gasteiger partial charge is 0.164 e. The van der Waals surface area contributed by atoms with E-state index in [0.29, 0.717) is 23.1 Å². The highest BCUT2D eigenvalue weighted by Crippen LogP contribution is 2.45. The lowest BCUT2D eigenvalue weighted by Crippen LogP contribution is -2.00. The molecule has 0 bridgehead atoms. The van der Waals surface area contributed by atoms with Crippen molar-refractivity contribution in [2.45, 2.75) is 0 Å². The summed E-state index contributed by atoms with van der Waals surface area (Å²) in [6, 6.07) is 45.1. The Bertz CT molecular complexity index is 2780. The van der Waals surface area contributed by atoms with Crippen LogP contribution in [0.2, 0.25) is 0 Å². The maximum atomic E-state index is 6.67. The number of furan rings is 2. The van der Waals surface area contributed by atoms with Gasteiger partial charge in [0.15, 0.2) is 23.1 Å². The summed E-state index contributed by atoms with van der Waals surface area (Å²) in [5.41, 5.74) is 7.76. The number of hydrogen-bond acceptors (Lipinski definition) is 6. The Kier molecular flexibility index (Phi) is 5.77. The third-order valence-corrected chi connectivity index (χ3v) is 9.02. The molecule has 224 valence electrons. The van der Waals surface area contributed by atoms with Gasteiger partial charge in [0.2, 0.25) is 0 Å². The first-order valence-electron chi connectivity index (χ1n) is 15.8. The van der Waals surface area contributed by atoms with E-state index in [9.17, 15) is 0 Å². The first-order valence-corrected chi connectivity index (χ1v) is 15.8. The minimum atomic E-state index is 0.567. The van der Waals surface area contributed by atoms with E-state index < -0.39 is 0 Å². The average molecular weight is 617 g/mol. The van der Waals surface area contributed by atoms with E-state index in [1.807, 2.05) is 78.9 Å². The summed E-state index contributed by atoms with van der Waals surface area (Å²) in [6.07, 6.45) is 3.56. The molecular formula is C42H24N4O2. The monoisotopic (exact) mass is 616 g/mol. The van der Waals surface area contributed by atoms with Crippen LogP contribution in [0, 0.1) is 0 Å². The predicted octanol–water partition coefficient (Wildman–Crippen LogP) is 10.9. The van der Waals surface area contributed by atoms with Crippen LogP contribution in [0.15, 0.2) is 155 Å². The first kappa shape index (κ1) is 26.5. The van der Waals surface area contributed by atoms with Gasteiger partial charge in [-0.05, 0) is 52.7 Å². The molecule has 4 aromatic heterocycles. The van der Waals surface area contributed by atoms with E-state index >= 15 is 0 Å². The highest BCUT2D eigenvalue weighted by molar-refractivity contribution is 6.21. The van der Waals surface area contributed by atoms with E-state index in [1.165, 1.54) is 0 Å². The minimum absolute atomic E-state index is 0.567. The van der Waals surface area contributed by atoms with Crippen LogP contribution in [0.1, 0.15) is 0 Å². The van der Waals surface area contributed by atoms with Crippen molar-refractivity contribution in [3.05, 3.63) is 146 Å². The summed E-state index contributed by atoms with van der Waals surface area (Å²) in [6.45, 7) is 0. The number of rotatable bonds is 4. The summed E-state index contributed by atoms with van der Waals surface area (Å²) in [7, 11) is 0. The fourth-order valence-corrected chi connectivity index (χ4v) is 6.80. The maximum absolute atomic E-state index is 6.67. The molecule has 0 atom stereocenters. The van der Waals surface area contributed by atoms with Crippen LogP contribution < -0.4 is 0 Å². The van der Waals surface area contributed by atoms with Gasteiger partial charge >= 0.3 is 0 Å². The Labute approximate surface area is 274 Å². The lowest BCUT2D eigenvalue weighted by atomic mass is 9.94. The van der Waals surface area contributed by atoms with Crippen molar-refractivity contribution in [1.82, 2.24) is 19.9 Å². The van der Waals surface area contributed by atoms with E-state index in [4.69, 9.17) is 23.8 Å². The molecule has 4 heterocycles. The standard InChI is InChI=1S/C42H24N4O2/c1-3-10-25(11-4-1)40-44-41(26-12-5-2-6-13-26)46-42(45-40)32-19-18-30(39-38(32)31-20-21-43-24-36(31)48-39)29-16-9-17-34-37(29)33-22-27-14-7-8-15-28(27)23-35(33)47-34/h1-24H. The summed E-state index contributed by atoms with van der Waals surface area (Å²) in [5, 5.41) is 6.27. The third kappa shape index (κ3) is 4.13. The first-order chi connectivity index (χ1) is 23.8. The summed E-state index contributed by atoms with van der Waals surface area (Å²) in [4.78, 5) is 19.4. The molecule has 0 spiro atoms. The van der Waals surface area contributed by atoms with Gasteiger partial charge in [0.1, 0.15) is 16.7 Å². The fourth-order valence-electron chi connectivity index (χ4n) is 6.80. The highest BCUT2D eigenvalue weighted by atomic mass is 16.3. The number of benzene rings is 6. The van der Waals surface area contributed by atoms with Crippen molar-refractivity contribution < 1.29 is 8.83 Å². The molecule has 0 saturated carbocycles. The van der Waals surface area contributed by atoms with Gasteiger partial charge in [-0.15, -0.1) is 0 Å². The number of nitrogens with zero attached hydrogens (tertiary/aromatic N) is 4. The molecule has 0 aliphatic rings. The van der Waals surface area contributed by atoms with Gasteiger partial charge in [-0.1, -0.05) is 97.1 Å². The molecule has 0 aliphatic carbocycles. The van der Waals surface area contributed by atoms with Gasteiger partial charge in [-0.3, -0.25) is 4.98 Å². The van der Waals surface area contributed by atoms with Gasteiger partial charge in [0, 0.05) is 50.0 Å². The van der Waals surface area contributed by atoms with Gasteiger partial charge in [0.05, 0.1) is 6.20 Å². The van der Waals surface area contributed by atoms with E-state index in [1.54, 1.807) is 12.4 Å². The van der Waals surface area contributed by atoms with E-state index in [0.717, 1.165) is 76.9 Å². The zero-order valence-corrected chi connectivity index (χ0v) is 25.5.